The highest BCUT2D eigenvalue weighted by molar-refractivity contribution is 6.51. The second kappa shape index (κ2) is 3.62. The summed E-state index contributed by atoms with van der Waals surface area (Å²) in [5, 5.41) is 8.23. The summed E-state index contributed by atoms with van der Waals surface area (Å²) in [6, 6.07) is 0.775. The van der Waals surface area contributed by atoms with E-state index in [1.807, 2.05) is 0 Å². The Morgan fingerprint density at radius 2 is 2.00 bits per heavy atom. The third-order valence-electron chi connectivity index (χ3n) is 2.38. The number of hydrogen-bond donors (Lipinski definition) is 1. The highest BCUT2D eigenvalue weighted by atomic mass is 19.2. The number of carbonyl (C=O) groups excluding carboxylic acids is 2. The van der Waals surface area contributed by atoms with Gasteiger partial charge in [-0.1, -0.05) is 10.5 Å². The normalized spacial score (nSPS) is 19.2. The van der Waals surface area contributed by atoms with Crippen molar-refractivity contribution in [2.24, 2.45) is 0 Å². The molecule has 0 aromatic heterocycles. The SMILES string of the molecule is O=C1C(=O)C(C(=O)O)N(F)c2cccc(F)c21. The van der Waals surface area contributed by atoms with Gasteiger partial charge in [-0.2, -0.15) is 5.12 Å². The Hall–Kier alpha value is -2.31. The lowest BCUT2D eigenvalue weighted by Gasteiger charge is -2.26. The lowest BCUT2D eigenvalue weighted by molar-refractivity contribution is -0.142. The maximum absolute atomic E-state index is 13.6. The van der Waals surface area contributed by atoms with E-state index in [4.69, 9.17) is 5.11 Å². The Morgan fingerprint density at radius 3 is 2.59 bits per heavy atom. The van der Waals surface area contributed by atoms with Gasteiger partial charge in [0.2, 0.25) is 17.6 Å². The van der Waals surface area contributed by atoms with Gasteiger partial charge in [0.05, 0.1) is 11.3 Å². The number of carboxylic acids is 1. The number of aliphatic carboxylic acids is 1. The van der Waals surface area contributed by atoms with Crippen LogP contribution in [0.4, 0.5) is 14.6 Å². The maximum atomic E-state index is 13.6. The topological polar surface area (TPSA) is 74.7 Å². The van der Waals surface area contributed by atoms with E-state index in [0.29, 0.717) is 0 Å². The summed E-state index contributed by atoms with van der Waals surface area (Å²) in [6.07, 6.45) is 0. The Morgan fingerprint density at radius 1 is 1.35 bits per heavy atom. The van der Waals surface area contributed by atoms with Gasteiger partial charge in [-0.15, -0.1) is 0 Å². The van der Waals surface area contributed by atoms with Crippen molar-refractivity contribution in [3.63, 3.8) is 0 Å². The van der Waals surface area contributed by atoms with Crippen LogP contribution in [0.15, 0.2) is 18.2 Å². The average molecular weight is 241 g/mol. The van der Waals surface area contributed by atoms with E-state index < -0.39 is 45.8 Å². The molecule has 1 atom stereocenters. The second-order valence-electron chi connectivity index (χ2n) is 3.38. The lowest BCUT2D eigenvalue weighted by Crippen LogP contribution is -2.50. The molecule has 0 spiro atoms. The third kappa shape index (κ3) is 1.47. The van der Waals surface area contributed by atoms with Crippen LogP contribution in [0.2, 0.25) is 0 Å². The highest BCUT2D eigenvalue weighted by Crippen LogP contribution is 2.31. The van der Waals surface area contributed by atoms with E-state index in [9.17, 15) is 23.3 Å². The first-order valence-corrected chi connectivity index (χ1v) is 4.50. The van der Waals surface area contributed by atoms with Gasteiger partial charge in [0, 0.05) is 0 Å². The van der Waals surface area contributed by atoms with Crippen molar-refractivity contribution < 1.29 is 28.4 Å². The Bertz CT molecular complexity index is 543. The van der Waals surface area contributed by atoms with Crippen LogP contribution in [0.5, 0.6) is 0 Å². The molecule has 17 heavy (non-hydrogen) atoms. The number of benzene rings is 1. The van der Waals surface area contributed by atoms with E-state index in [1.54, 1.807) is 0 Å². The number of anilines is 1. The molecule has 0 saturated heterocycles. The van der Waals surface area contributed by atoms with Crippen LogP contribution in [0.1, 0.15) is 10.4 Å². The molecule has 1 heterocycles. The van der Waals surface area contributed by atoms with Crippen LogP contribution in [0.25, 0.3) is 0 Å². The first-order chi connectivity index (χ1) is 7.95. The monoisotopic (exact) mass is 241 g/mol. The molecule has 1 unspecified atom stereocenters. The van der Waals surface area contributed by atoms with Crippen molar-refractivity contribution in [1.82, 2.24) is 0 Å². The zero-order chi connectivity index (χ0) is 12.7. The summed E-state index contributed by atoms with van der Waals surface area (Å²) in [4.78, 5) is 33.4. The Kier molecular flexibility index (Phi) is 2.38. The molecule has 1 aliphatic rings. The number of nitrogens with zero attached hydrogens (tertiary/aromatic N) is 1. The molecule has 0 radical (unpaired) electrons. The summed E-state index contributed by atoms with van der Waals surface area (Å²) >= 11 is 0. The molecular weight excluding hydrogens is 236 g/mol. The number of ketones is 2. The van der Waals surface area contributed by atoms with Crippen molar-refractivity contribution in [2.45, 2.75) is 6.04 Å². The number of carbonyl (C=O) groups is 3. The molecule has 1 N–H and O–H groups in total. The van der Waals surface area contributed by atoms with Crippen LogP contribution >= 0.6 is 0 Å². The molecule has 0 aliphatic carbocycles. The van der Waals surface area contributed by atoms with Crippen molar-refractivity contribution in [2.75, 3.05) is 5.12 Å². The fourth-order valence-corrected chi connectivity index (χ4v) is 1.61. The summed E-state index contributed by atoms with van der Waals surface area (Å²) in [7, 11) is 0. The first kappa shape index (κ1) is 11.2. The van der Waals surface area contributed by atoms with Gasteiger partial charge in [-0.3, -0.25) is 9.59 Å². The van der Waals surface area contributed by atoms with Gasteiger partial charge in [0.1, 0.15) is 5.82 Å². The number of hydrogen-bond acceptors (Lipinski definition) is 4. The molecule has 5 nitrogen and oxygen atoms in total. The molecule has 0 fully saturated rings. The molecule has 0 bridgehead atoms. The fourth-order valence-electron chi connectivity index (χ4n) is 1.61. The quantitative estimate of drug-likeness (QED) is 0.445. The zero-order valence-electron chi connectivity index (χ0n) is 8.18. The molecule has 1 aromatic carbocycles. The molecule has 2 rings (SSSR count). The Labute approximate surface area is 93.2 Å². The van der Waals surface area contributed by atoms with Crippen molar-refractivity contribution in [1.29, 1.82) is 0 Å². The van der Waals surface area contributed by atoms with Gasteiger partial charge in [-0.05, 0) is 12.1 Å². The summed E-state index contributed by atoms with van der Waals surface area (Å²) in [6.45, 7) is 0. The number of fused-ring (bicyclic) bond motifs is 1. The minimum absolute atomic E-state index is 0.412. The number of Topliss-reactive ketones (excluding diaryl/α,β-unsaturated/α-hetero) is 2. The molecule has 0 saturated carbocycles. The summed E-state index contributed by atoms with van der Waals surface area (Å²) in [5.41, 5.74) is -1.29. The minimum atomic E-state index is -2.25. The van der Waals surface area contributed by atoms with Crippen LogP contribution in [-0.4, -0.2) is 28.7 Å². The molecule has 7 heteroatoms. The van der Waals surface area contributed by atoms with Crippen LogP contribution < -0.4 is 5.12 Å². The van der Waals surface area contributed by atoms with Gasteiger partial charge >= 0.3 is 5.97 Å². The maximum Gasteiger partial charge on any atom is 0.337 e. The smallest absolute Gasteiger partial charge is 0.337 e. The zero-order valence-corrected chi connectivity index (χ0v) is 8.18. The van der Waals surface area contributed by atoms with Crippen molar-refractivity contribution in [3.8, 4) is 0 Å². The molecule has 0 amide bonds. The van der Waals surface area contributed by atoms with E-state index >= 15 is 0 Å². The van der Waals surface area contributed by atoms with Gasteiger partial charge in [0.15, 0.2) is 0 Å². The van der Waals surface area contributed by atoms with E-state index in [1.165, 1.54) is 0 Å². The fraction of sp³-hybridized carbons (Fsp3) is 0.100. The standard InChI is InChI=1S/C10H5F2NO4/c11-4-2-1-3-5-6(4)8(14)9(15)7(10(16)17)13(5)12/h1-3,7H,(H,16,17). The van der Waals surface area contributed by atoms with Crippen LogP contribution in [0, 0.1) is 5.82 Å². The highest BCUT2D eigenvalue weighted by Gasteiger charge is 2.45. The number of rotatable bonds is 1. The molecule has 1 aromatic rings. The van der Waals surface area contributed by atoms with Gasteiger partial charge in [-0.25, -0.2) is 9.18 Å². The first-order valence-electron chi connectivity index (χ1n) is 4.50. The summed E-state index contributed by atoms with van der Waals surface area (Å²) in [5.74, 6) is -5.70. The van der Waals surface area contributed by atoms with E-state index in [2.05, 4.69) is 0 Å². The van der Waals surface area contributed by atoms with Crippen LogP contribution in [-0.2, 0) is 9.59 Å². The average Bonchev–Trinajstić information content (AvgIpc) is 2.25. The van der Waals surface area contributed by atoms with Crippen molar-refractivity contribution >= 4 is 23.2 Å². The van der Waals surface area contributed by atoms with Gasteiger partial charge in [0.25, 0.3) is 0 Å². The molecule has 1 aliphatic heterocycles. The van der Waals surface area contributed by atoms with Crippen molar-refractivity contribution in [3.05, 3.63) is 29.6 Å². The third-order valence-corrected chi connectivity index (χ3v) is 2.38. The largest absolute Gasteiger partial charge is 0.479 e. The van der Waals surface area contributed by atoms with E-state index in [0.717, 1.165) is 18.2 Å². The van der Waals surface area contributed by atoms with Gasteiger partial charge < -0.3 is 5.11 Å². The molecular formula is C10H5F2NO4. The van der Waals surface area contributed by atoms with Crippen LogP contribution in [0.3, 0.4) is 0 Å². The lowest BCUT2D eigenvalue weighted by atomic mass is 9.95. The minimum Gasteiger partial charge on any atom is -0.479 e. The predicted octanol–water partition coefficient (Wildman–Crippen LogP) is 0.735. The number of carboxylic acid groups (broad SMARTS) is 1. The number of halogens is 2. The second-order valence-corrected chi connectivity index (χ2v) is 3.38. The molecule has 88 valence electrons. The Balaban J connectivity index is 2.67. The summed E-state index contributed by atoms with van der Waals surface area (Å²) < 4.78 is 26.9. The predicted molar refractivity (Wildman–Crippen MR) is 50.7 cm³/mol. The van der Waals surface area contributed by atoms with E-state index in [-0.39, 0.29) is 0 Å².